The highest BCUT2D eigenvalue weighted by molar-refractivity contribution is 5.99. The number of amides is 2. The van der Waals surface area contributed by atoms with Crippen LogP contribution >= 0.6 is 0 Å². The number of hydrogen-bond donors (Lipinski definition) is 2. The van der Waals surface area contributed by atoms with Crippen molar-refractivity contribution in [1.82, 2.24) is 15.0 Å². The molecule has 1 unspecified atom stereocenters. The first-order valence-electron chi connectivity index (χ1n) is 9.14. The summed E-state index contributed by atoms with van der Waals surface area (Å²) in [6.45, 7) is 1.95. The standard InChI is InChI=1S/C22H19N5O2/c1-15(16-6-5-11-23-13-16)29-18-8-4-7-17(12-18)25-22(28)27-21-14-24-19-9-2-3-10-20(19)26-21/h2-15H,1H3,(H2,25,26,27,28). The van der Waals surface area contributed by atoms with E-state index < -0.39 is 6.03 Å². The molecule has 7 heteroatoms. The highest BCUT2D eigenvalue weighted by Gasteiger charge is 2.09. The van der Waals surface area contributed by atoms with Crippen molar-refractivity contribution in [3.63, 3.8) is 0 Å². The monoisotopic (exact) mass is 385 g/mol. The van der Waals surface area contributed by atoms with Gasteiger partial charge in [-0.3, -0.25) is 15.3 Å². The fourth-order valence-corrected chi connectivity index (χ4v) is 2.83. The van der Waals surface area contributed by atoms with Gasteiger partial charge in [-0.2, -0.15) is 0 Å². The Kier molecular flexibility index (Phi) is 5.29. The lowest BCUT2D eigenvalue weighted by Gasteiger charge is -2.15. The average molecular weight is 385 g/mol. The van der Waals surface area contributed by atoms with Crippen LogP contribution in [0.15, 0.2) is 79.3 Å². The van der Waals surface area contributed by atoms with Gasteiger partial charge in [0, 0.05) is 29.7 Å². The summed E-state index contributed by atoms with van der Waals surface area (Å²) < 4.78 is 5.96. The van der Waals surface area contributed by atoms with E-state index in [2.05, 4.69) is 25.6 Å². The molecule has 2 amide bonds. The van der Waals surface area contributed by atoms with Crippen molar-refractivity contribution < 1.29 is 9.53 Å². The predicted octanol–water partition coefficient (Wildman–Crippen LogP) is 4.81. The molecule has 1 atom stereocenters. The lowest BCUT2D eigenvalue weighted by molar-refractivity contribution is 0.226. The van der Waals surface area contributed by atoms with Gasteiger partial charge in [0.1, 0.15) is 11.9 Å². The minimum absolute atomic E-state index is 0.166. The number of benzene rings is 2. The molecule has 0 bridgehead atoms. The van der Waals surface area contributed by atoms with E-state index in [9.17, 15) is 4.79 Å². The second-order valence-corrected chi connectivity index (χ2v) is 6.40. The summed E-state index contributed by atoms with van der Waals surface area (Å²) in [4.78, 5) is 25.1. The maximum absolute atomic E-state index is 12.3. The van der Waals surface area contributed by atoms with E-state index in [1.165, 1.54) is 6.20 Å². The Labute approximate surface area is 167 Å². The number of fused-ring (bicyclic) bond motifs is 1. The number of aromatic nitrogens is 3. The van der Waals surface area contributed by atoms with Crippen molar-refractivity contribution in [2.45, 2.75) is 13.0 Å². The molecule has 0 spiro atoms. The van der Waals surface area contributed by atoms with Crippen molar-refractivity contribution >= 4 is 28.6 Å². The topological polar surface area (TPSA) is 89.0 Å². The minimum Gasteiger partial charge on any atom is -0.486 e. The summed E-state index contributed by atoms with van der Waals surface area (Å²) >= 11 is 0. The number of hydrogen-bond acceptors (Lipinski definition) is 5. The number of urea groups is 1. The van der Waals surface area contributed by atoms with Gasteiger partial charge in [-0.15, -0.1) is 0 Å². The second-order valence-electron chi connectivity index (χ2n) is 6.40. The van der Waals surface area contributed by atoms with Crippen molar-refractivity contribution in [3.05, 3.63) is 84.8 Å². The molecular formula is C22H19N5O2. The quantitative estimate of drug-likeness (QED) is 0.515. The maximum atomic E-state index is 12.3. The van der Waals surface area contributed by atoms with Gasteiger partial charge in [0.05, 0.1) is 17.2 Å². The number of ether oxygens (including phenoxy) is 1. The molecule has 0 saturated heterocycles. The number of carbonyl (C=O) groups excluding carboxylic acids is 1. The van der Waals surface area contributed by atoms with E-state index >= 15 is 0 Å². The van der Waals surface area contributed by atoms with Crippen LogP contribution in [0.5, 0.6) is 5.75 Å². The molecule has 0 saturated carbocycles. The number of para-hydroxylation sites is 2. The van der Waals surface area contributed by atoms with Gasteiger partial charge in [0.2, 0.25) is 0 Å². The van der Waals surface area contributed by atoms with Crippen LogP contribution in [0.4, 0.5) is 16.3 Å². The maximum Gasteiger partial charge on any atom is 0.324 e. The SMILES string of the molecule is CC(Oc1cccc(NC(=O)Nc2cnc3ccccc3n2)c1)c1cccnc1. The normalized spacial score (nSPS) is 11.6. The third kappa shape index (κ3) is 4.65. The fraction of sp³-hybridized carbons (Fsp3) is 0.0909. The Morgan fingerprint density at radius 3 is 2.66 bits per heavy atom. The average Bonchev–Trinajstić information content (AvgIpc) is 2.74. The van der Waals surface area contributed by atoms with Gasteiger partial charge in [-0.1, -0.05) is 24.3 Å². The Bertz CT molecular complexity index is 1130. The molecule has 0 fully saturated rings. The first-order valence-corrected chi connectivity index (χ1v) is 9.14. The van der Waals surface area contributed by atoms with Gasteiger partial charge in [-0.25, -0.2) is 9.78 Å². The lowest BCUT2D eigenvalue weighted by Crippen LogP contribution is -2.20. The minimum atomic E-state index is -0.410. The van der Waals surface area contributed by atoms with Crippen LogP contribution < -0.4 is 15.4 Å². The Morgan fingerprint density at radius 2 is 1.83 bits per heavy atom. The van der Waals surface area contributed by atoms with E-state index in [1.807, 2.05) is 55.5 Å². The van der Waals surface area contributed by atoms with Crippen LogP contribution in [0.3, 0.4) is 0 Å². The molecule has 0 aliphatic rings. The van der Waals surface area contributed by atoms with Crippen LogP contribution in [0.1, 0.15) is 18.6 Å². The first-order chi connectivity index (χ1) is 14.2. The molecule has 4 aromatic rings. The molecule has 0 aliphatic carbocycles. The molecule has 2 N–H and O–H groups in total. The van der Waals surface area contributed by atoms with Crippen molar-refractivity contribution in [1.29, 1.82) is 0 Å². The third-order valence-electron chi connectivity index (χ3n) is 4.25. The molecule has 29 heavy (non-hydrogen) atoms. The van der Waals surface area contributed by atoms with Gasteiger partial charge in [0.15, 0.2) is 5.82 Å². The van der Waals surface area contributed by atoms with E-state index in [4.69, 9.17) is 4.74 Å². The van der Waals surface area contributed by atoms with Crippen molar-refractivity contribution in [2.24, 2.45) is 0 Å². The van der Waals surface area contributed by atoms with E-state index in [0.29, 0.717) is 22.8 Å². The molecule has 0 aliphatic heterocycles. The molecule has 2 aromatic carbocycles. The Morgan fingerprint density at radius 1 is 0.966 bits per heavy atom. The number of nitrogens with zero attached hydrogens (tertiary/aromatic N) is 3. The summed E-state index contributed by atoms with van der Waals surface area (Å²) in [6.07, 6.45) is 4.85. The zero-order chi connectivity index (χ0) is 20.1. The second kappa shape index (κ2) is 8.35. The highest BCUT2D eigenvalue weighted by Crippen LogP contribution is 2.24. The fourth-order valence-electron chi connectivity index (χ4n) is 2.83. The van der Waals surface area contributed by atoms with Crippen molar-refractivity contribution in [3.8, 4) is 5.75 Å². The van der Waals surface area contributed by atoms with Crippen LogP contribution in [0.25, 0.3) is 11.0 Å². The number of nitrogens with one attached hydrogen (secondary N) is 2. The smallest absolute Gasteiger partial charge is 0.324 e. The first kappa shape index (κ1) is 18.4. The molecule has 144 valence electrons. The van der Waals surface area contributed by atoms with Gasteiger partial charge in [-0.05, 0) is 37.3 Å². The number of carbonyl (C=O) groups is 1. The summed E-state index contributed by atoms with van der Waals surface area (Å²) in [5.41, 5.74) is 3.06. The molecule has 4 rings (SSSR count). The van der Waals surface area contributed by atoms with Crippen LogP contribution in [-0.4, -0.2) is 21.0 Å². The molecule has 2 aromatic heterocycles. The predicted molar refractivity (Wildman–Crippen MR) is 112 cm³/mol. The Balaban J connectivity index is 1.41. The lowest BCUT2D eigenvalue weighted by atomic mass is 10.2. The summed E-state index contributed by atoms with van der Waals surface area (Å²) in [6, 6.07) is 18.1. The van der Waals surface area contributed by atoms with E-state index in [1.54, 1.807) is 24.5 Å². The third-order valence-corrected chi connectivity index (χ3v) is 4.25. The molecule has 7 nitrogen and oxygen atoms in total. The van der Waals surface area contributed by atoms with Crippen LogP contribution in [-0.2, 0) is 0 Å². The largest absolute Gasteiger partial charge is 0.486 e. The Hall–Kier alpha value is -4.00. The van der Waals surface area contributed by atoms with Gasteiger partial charge in [0.25, 0.3) is 0 Å². The van der Waals surface area contributed by atoms with E-state index in [0.717, 1.165) is 11.1 Å². The van der Waals surface area contributed by atoms with Crippen LogP contribution in [0.2, 0.25) is 0 Å². The van der Waals surface area contributed by atoms with Crippen LogP contribution in [0, 0.1) is 0 Å². The highest BCUT2D eigenvalue weighted by atomic mass is 16.5. The van der Waals surface area contributed by atoms with E-state index in [-0.39, 0.29) is 6.10 Å². The zero-order valence-corrected chi connectivity index (χ0v) is 15.7. The van der Waals surface area contributed by atoms with Gasteiger partial charge >= 0.3 is 6.03 Å². The number of rotatable bonds is 5. The van der Waals surface area contributed by atoms with Crippen molar-refractivity contribution in [2.75, 3.05) is 10.6 Å². The molecule has 2 heterocycles. The molecule has 0 radical (unpaired) electrons. The summed E-state index contributed by atoms with van der Waals surface area (Å²) in [5.74, 6) is 1.02. The number of pyridine rings is 1. The zero-order valence-electron chi connectivity index (χ0n) is 15.7. The van der Waals surface area contributed by atoms with Gasteiger partial charge < -0.3 is 10.1 Å². The number of anilines is 2. The molecular weight excluding hydrogens is 366 g/mol. The summed E-state index contributed by atoms with van der Waals surface area (Å²) in [5, 5.41) is 5.48. The summed E-state index contributed by atoms with van der Waals surface area (Å²) in [7, 11) is 0.